The lowest BCUT2D eigenvalue weighted by Crippen LogP contribution is -2.25. The van der Waals surface area contributed by atoms with E-state index in [2.05, 4.69) is 35.7 Å². The van der Waals surface area contributed by atoms with Gasteiger partial charge in [0.25, 0.3) is 5.70 Å². The summed E-state index contributed by atoms with van der Waals surface area (Å²) in [5.41, 5.74) is 3.29. The summed E-state index contributed by atoms with van der Waals surface area (Å²) >= 11 is 0. The van der Waals surface area contributed by atoms with Crippen LogP contribution in [0.2, 0.25) is 0 Å². The number of anilines is 1. The molecule has 0 saturated heterocycles. The minimum absolute atomic E-state index is 0.0214. The maximum Gasteiger partial charge on any atom is 0.270 e. The van der Waals surface area contributed by atoms with E-state index in [0.29, 0.717) is 5.56 Å². The molecule has 0 saturated carbocycles. The number of nitriles is 1. The number of nitrogens with zero attached hydrogens (tertiary/aromatic N) is 3. The van der Waals surface area contributed by atoms with Gasteiger partial charge in [-0.3, -0.25) is 0 Å². The standard InChI is InChI=1S/C31H37N3O2S/c1-5-7-9-13-19-34(20-14-10-8-6-2)26-18-17-25(24(3)21-26)22-30-31(28(23-32)33-4)27-15-11-12-16-29(27)37(30,35)36/h11-12,15-18,21-22H,5-10,13-14,19-20H2,1-3H3/b30-22?,31-28+. The average Bonchev–Trinajstić information content (AvgIpc) is 3.11. The van der Waals surface area contributed by atoms with E-state index in [1.54, 1.807) is 24.3 Å². The van der Waals surface area contributed by atoms with Crippen molar-refractivity contribution in [1.29, 1.82) is 5.26 Å². The van der Waals surface area contributed by atoms with E-state index in [0.717, 1.165) is 42.7 Å². The van der Waals surface area contributed by atoms with Crippen LogP contribution in [-0.2, 0) is 9.84 Å². The Bertz CT molecular complexity index is 1330. The number of hydrogen-bond acceptors (Lipinski definition) is 4. The van der Waals surface area contributed by atoms with Crippen molar-refractivity contribution in [1.82, 2.24) is 0 Å². The molecule has 37 heavy (non-hydrogen) atoms. The first-order valence-electron chi connectivity index (χ1n) is 13.3. The third kappa shape index (κ3) is 6.51. The largest absolute Gasteiger partial charge is 0.372 e. The molecule has 2 aromatic rings. The van der Waals surface area contributed by atoms with E-state index in [1.165, 1.54) is 44.6 Å². The zero-order chi connectivity index (χ0) is 26.8. The number of benzene rings is 2. The molecule has 3 rings (SSSR count). The van der Waals surface area contributed by atoms with Crippen molar-refractivity contribution in [3.63, 3.8) is 0 Å². The van der Waals surface area contributed by atoms with Crippen LogP contribution in [0.25, 0.3) is 16.5 Å². The van der Waals surface area contributed by atoms with Crippen LogP contribution in [0.3, 0.4) is 0 Å². The molecule has 0 spiro atoms. The number of allylic oxidation sites excluding steroid dienone is 2. The summed E-state index contributed by atoms with van der Waals surface area (Å²) in [7, 11) is -3.84. The molecule has 6 heteroatoms. The summed E-state index contributed by atoms with van der Waals surface area (Å²) < 4.78 is 26.9. The van der Waals surface area contributed by atoms with Gasteiger partial charge in [0.05, 0.1) is 22.4 Å². The van der Waals surface area contributed by atoms with Gasteiger partial charge >= 0.3 is 0 Å². The Morgan fingerprint density at radius 2 is 1.65 bits per heavy atom. The van der Waals surface area contributed by atoms with E-state index in [1.807, 2.05) is 19.1 Å². The lowest BCUT2D eigenvalue weighted by Gasteiger charge is -2.26. The molecule has 1 heterocycles. The van der Waals surface area contributed by atoms with Crippen LogP contribution in [0.1, 0.15) is 81.9 Å². The van der Waals surface area contributed by atoms with Crippen molar-refractivity contribution in [3.05, 3.63) is 81.2 Å². The Morgan fingerprint density at radius 3 is 2.22 bits per heavy atom. The Balaban J connectivity index is 1.99. The molecule has 0 fully saturated rings. The molecule has 0 atom stereocenters. The Morgan fingerprint density at radius 1 is 1.00 bits per heavy atom. The summed E-state index contributed by atoms with van der Waals surface area (Å²) in [6.07, 6.45) is 11.3. The van der Waals surface area contributed by atoms with Gasteiger partial charge in [-0.05, 0) is 60.7 Å². The van der Waals surface area contributed by atoms with Crippen molar-refractivity contribution in [2.24, 2.45) is 0 Å². The first-order valence-corrected chi connectivity index (χ1v) is 14.8. The molecule has 2 aromatic carbocycles. The topological polar surface area (TPSA) is 65.5 Å². The second kappa shape index (κ2) is 13.3. The number of sulfone groups is 1. The summed E-state index contributed by atoms with van der Waals surface area (Å²) in [6, 6.07) is 14.6. The fourth-order valence-corrected chi connectivity index (χ4v) is 6.52. The lowest BCUT2D eigenvalue weighted by molar-refractivity contribution is 0.604. The fourth-order valence-electron chi connectivity index (χ4n) is 4.81. The van der Waals surface area contributed by atoms with Crippen LogP contribution < -0.4 is 4.90 Å². The minimum atomic E-state index is -3.84. The van der Waals surface area contributed by atoms with E-state index in [4.69, 9.17) is 6.57 Å². The van der Waals surface area contributed by atoms with Gasteiger partial charge in [0, 0.05) is 24.4 Å². The highest BCUT2D eigenvalue weighted by Gasteiger charge is 2.37. The molecule has 0 aliphatic carbocycles. The second-order valence-electron chi connectivity index (χ2n) is 9.60. The van der Waals surface area contributed by atoms with E-state index in [9.17, 15) is 13.7 Å². The van der Waals surface area contributed by atoms with E-state index in [-0.39, 0.29) is 21.1 Å². The number of aryl methyl sites for hydroxylation is 1. The highest BCUT2D eigenvalue weighted by atomic mass is 32.2. The summed E-state index contributed by atoms with van der Waals surface area (Å²) in [5.74, 6) is 0. The predicted octanol–water partition coefficient (Wildman–Crippen LogP) is 7.94. The summed E-state index contributed by atoms with van der Waals surface area (Å²) in [5, 5.41) is 9.58. The van der Waals surface area contributed by atoms with Crippen molar-refractivity contribution in [2.75, 3.05) is 18.0 Å². The molecule has 5 nitrogen and oxygen atoms in total. The smallest absolute Gasteiger partial charge is 0.270 e. The molecule has 1 aliphatic heterocycles. The van der Waals surface area contributed by atoms with Gasteiger partial charge in [0.2, 0.25) is 9.84 Å². The fraction of sp³-hybridized carbons (Fsp3) is 0.419. The molecule has 0 N–H and O–H groups in total. The molecule has 194 valence electrons. The maximum atomic E-state index is 13.4. The zero-order valence-electron chi connectivity index (χ0n) is 22.3. The highest BCUT2D eigenvalue weighted by molar-refractivity contribution is 7.96. The SMILES string of the molecule is [C-]#[N+]/C(C#N)=C1/C(=Cc2ccc(N(CCCCCC)CCCCCC)cc2C)S(=O)(=O)c2ccccc21. The Hall–Kier alpha value is -3.35. The van der Waals surface area contributed by atoms with Crippen molar-refractivity contribution < 1.29 is 8.42 Å². The van der Waals surface area contributed by atoms with Gasteiger partial charge in [-0.25, -0.2) is 18.5 Å². The first kappa shape index (κ1) is 28.2. The van der Waals surface area contributed by atoms with Crippen LogP contribution in [-0.4, -0.2) is 21.5 Å². The van der Waals surface area contributed by atoms with Gasteiger partial charge in [0.1, 0.15) is 0 Å². The monoisotopic (exact) mass is 515 g/mol. The normalized spacial score (nSPS) is 16.2. The average molecular weight is 516 g/mol. The predicted molar refractivity (Wildman–Crippen MR) is 152 cm³/mol. The van der Waals surface area contributed by atoms with E-state index >= 15 is 0 Å². The molecule has 0 aromatic heterocycles. The Labute approximate surface area is 222 Å². The molecule has 1 aliphatic rings. The van der Waals surface area contributed by atoms with Crippen molar-refractivity contribution in [3.8, 4) is 6.07 Å². The van der Waals surface area contributed by atoms with Crippen LogP contribution in [0.15, 0.2) is 58.0 Å². The van der Waals surface area contributed by atoms with Crippen molar-refractivity contribution >= 4 is 27.2 Å². The molecule has 0 unspecified atom stereocenters. The molecule has 0 bridgehead atoms. The first-order chi connectivity index (χ1) is 17.9. The van der Waals surface area contributed by atoms with Crippen molar-refractivity contribution in [2.45, 2.75) is 77.0 Å². The van der Waals surface area contributed by atoms with Gasteiger partial charge < -0.3 is 4.90 Å². The van der Waals surface area contributed by atoms with Gasteiger partial charge in [-0.1, -0.05) is 76.6 Å². The van der Waals surface area contributed by atoms with Gasteiger partial charge in [-0.15, -0.1) is 0 Å². The number of fused-ring (bicyclic) bond motifs is 1. The van der Waals surface area contributed by atoms with E-state index < -0.39 is 9.84 Å². The van der Waals surface area contributed by atoms with Crippen LogP contribution in [0.5, 0.6) is 0 Å². The summed E-state index contributed by atoms with van der Waals surface area (Å²) in [4.78, 5) is 5.97. The number of hydrogen-bond donors (Lipinski definition) is 0. The number of unbranched alkanes of at least 4 members (excludes halogenated alkanes) is 6. The zero-order valence-corrected chi connectivity index (χ0v) is 23.1. The second-order valence-corrected chi connectivity index (χ2v) is 11.5. The van der Waals surface area contributed by atoms with Crippen LogP contribution >= 0.6 is 0 Å². The third-order valence-corrected chi connectivity index (χ3v) is 8.74. The third-order valence-electron chi connectivity index (χ3n) is 6.90. The maximum absolute atomic E-state index is 13.4. The lowest BCUT2D eigenvalue weighted by atomic mass is 10.0. The molecular weight excluding hydrogens is 478 g/mol. The number of rotatable bonds is 12. The highest BCUT2D eigenvalue weighted by Crippen LogP contribution is 2.45. The van der Waals surface area contributed by atoms with Gasteiger partial charge in [0.15, 0.2) is 0 Å². The molecule has 0 radical (unpaired) electrons. The summed E-state index contributed by atoms with van der Waals surface area (Å²) in [6.45, 7) is 15.9. The quantitative estimate of drug-likeness (QED) is 0.163. The Kier molecular flexibility index (Phi) is 10.1. The van der Waals surface area contributed by atoms with Crippen LogP contribution in [0.4, 0.5) is 5.69 Å². The molecule has 0 amide bonds. The van der Waals surface area contributed by atoms with Gasteiger partial charge in [-0.2, -0.15) is 0 Å². The minimum Gasteiger partial charge on any atom is -0.372 e. The molecular formula is C31H37N3O2S. The van der Waals surface area contributed by atoms with Crippen LogP contribution in [0, 0.1) is 24.8 Å².